The highest BCUT2D eigenvalue weighted by atomic mass is 35.5. The summed E-state index contributed by atoms with van der Waals surface area (Å²) in [7, 11) is 0. The van der Waals surface area contributed by atoms with Crippen LogP contribution in [0.15, 0.2) is 41.3 Å². The van der Waals surface area contributed by atoms with E-state index in [0.717, 1.165) is 61.2 Å². The van der Waals surface area contributed by atoms with Crippen molar-refractivity contribution in [3.8, 4) is 11.5 Å². The fourth-order valence-electron chi connectivity index (χ4n) is 5.57. The largest absolute Gasteiger partial charge is 0.486 e. The molecule has 3 aliphatic rings. The zero-order chi connectivity index (χ0) is 23.1. The second kappa shape index (κ2) is 11.3. The predicted molar refractivity (Wildman–Crippen MR) is 142 cm³/mol. The molecular formula is C26H31Cl2FN4O3. The molecule has 6 rings (SSSR count). The van der Waals surface area contributed by atoms with Crippen molar-refractivity contribution in [3.63, 3.8) is 0 Å². The Hall–Kier alpha value is -2.39. The Balaban J connectivity index is 0.00000152. The number of piperidine rings is 1. The van der Waals surface area contributed by atoms with Gasteiger partial charge in [0.1, 0.15) is 19.0 Å². The molecule has 5 heterocycles. The summed E-state index contributed by atoms with van der Waals surface area (Å²) in [4.78, 5) is 19.7. The normalized spacial score (nSPS) is 19.4. The van der Waals surface area contributed by atoms with Gasteiger partial charge in [0, 0.05) is 36.8 Å². The van der Waals surface area contributed by atoms with Gasteiger partial charge in [0.25, 0.3) is 5.56 Å². The van der Waals surface area contributed by atoms with E-state index in [2.05, 4.69) is 15.2 Å². The van der Waals surface area contributed by atoms with Crippen molar-refractivity contribution in [1.29, 1.82) is 0 Å². The van der Waals surface area contributed by atoms with Gasteiger partial charge in [0.15, 0.2) is 11.5 Å². The van der Waals surface area contributed by atoms with E-state index in [9.17, 15) is 9.18 Å². The van der Waals surface area contributed by atoms with Crippen molar-refractivity contribution in [2.45, 2.75) is 44.3 Å². The second-order valence-corrected chi connectivity index (χ2v) is 9.47. The first-order valence-corrected chi connectivity index (χ1v) is 12.2. The lowest BCUT2D eigenvalue weighted by Crippen LogP contribution is -2.45. The van der Waals surface area contributed by atoms with Crippen LogP contribution >= 0.6 is 24.8 Å². The van der Waals surface area contributed by atoms with Gasteiger partial charge in [0.05, 0.1) is 23.4 Å². The molecule has 1 saturated heterocycles. The zero-order valence-corrected chi connectivity index (χ0v) is 21.6. The predicted octanol–water partition coefficient (Wildman–Crippen LogP) is 3.89. The molecule has 3 aromatic rings. The van der Waals surface area contributed by atoms with E-state index in [1.165, 1.54) is 6.07 Å². The van der Waals surface area contributed by atoms with Gasteiger partial charge in [0.2, 0.25) is 0 Å². The van der Waals surface area contributed by atoms with E-state index < -0.39 is 0 Å². The van der Waals surface area contributed by atoms with Crippen LogP contribution in [0, 0.1) is 5.82 Å². The summed E-state index contributed by atoms with van der Waals surface area (Å²) < 4.78 is 27.5. The number of likely N-dealkylation sites (tertiary alicyclic amines) is 1. The summed E-state index contributed by atoms with van der Waals surface area (Å²) in [6.45, 7) is 4.62. The fourth-order valence-corrected chi connectivity index (χ4v) is 5.57. The molecule has 1 unspecified atom stereocenters. The minimum absolute atomic E-state index is 0. The number of hydrogen-bond donors (Lipinski definition) is 1. The number of nitrogens with one attached hydrogen (secondary N) is 1. The maximum absolute atomic E-state index is 14.4. The molecule has 1 atom stereocenters. The molecule has 0 aliphatic carbocycles. The van der Waals surface area contributed by atoms with Crippen LogP contribution in [-0.4, -0.2) is 53.3 Å². The Morgan fingerprint density at radius 2 is 1.78 bits per heavy atom. The van der Waals surface area contributed by atoms with E-state index in [1.54, 1.807) is 18.3 Å². The lowest BCUT2D eigenvalue weighted by molar-refractivity contribution is 0.166. The first-order chi connectivity index (χ1) is 16.7. The molecule has 2 aromatic heterocycles. The average Bonchev–Trinajstić information content (AvgIpc) is 2.87. The van der Waals surface area contributed by atoms with Gasteiger partial charge in [-0.2, -0.15) is 0 Å². The molecule has 0 saturated carbocycles. The van der Waals surface area contributed by atoms with Crippen LogP contribution in [-0.2, 0) is 13.0 Å². The minimum atomic E-state index is -0.204. The van der Waals surface area contributed by atoms with Crippen LogP contribution in [0.3, 0.4) is 0 Å². The van der Waals surface area contributed by atoms with Gasteiger partial charge >= 0.3 is 0 Å². The summed E-state index contributed by atoms with van der Waals surface area (Å²) in [6, 6.07) is 9.19. The number of ether oxygens (including phenoxy) is 2. The molecule has 36 heavy (non-hydrogen) atoms. The van der Waals surface area contributed by atoms with Crippen LogP contribution < -0.4 is 20.3 Å². The van der Waals surface area contributed by atoms with E-state index in [0.29, 0.717) is 43.5 Å². The molecule has 0 spiro atoms. The van der Waals surface area contributed by atoms with E-state index in [-0.39, 0.29) is 42.2 Å². The van der Waals surface area contributed by atoms with E-state index in [4.69, 9.17) is 9.47 Å². The summed E-state index contributed by atoms with van der Waals surface area (Å²) in [5, 5.41) is 4.57. The molecule has 10 heteroatoms. The van der Waals surface area contributed by atoms with Crippen LogP contribution in [0.25, 0.3) is 10.9 Å². The molecule has 1 aromatic carbocycles. The highest BCUT2D eigenvalue weighted by Crippen LogP contribution is 2.32. The van der Waals surface area contributed by atoms with Gasteiger partial charge in [-0.1, -0.05) is 0 Å². The third kappa shape index (κ3) is 5.18. The number of benzene rings is 1. The molecule has 3 aliphatic heterocycles. The lowest BCUT2D eigenvalue weighted by Gasteiger charge is -2.37. The summed E-state index contributed by atoms with van der Waals surface area (Å²) >= 11 is 0. The van der Waals surface area contributed by atoms with Crippen LogP contribution in [0.1, 0.15) is 36.6 Å². The van der Waals surface area contributed by atoms with Crippen LogP contribution in [0.4, 0.5) is 4.39 Å². The first kappa shape index (κ1) is 26.7. The Morgan fingerprint density at radius 3 is 2.58 bits per heavy atom. The topological polar surface area (TPSA) is 68.6 Å². The summed E-state index contributed by atoms with van der Waals surface area (Å²) in [5.74, 6) is 1.28. The highest BCUT2D eigenvalue weighted by molar-refractivity contribution is 5.85. The molecule has 0 bridgehead atoms. The van der Waals surface area contributed by atoms with Crippen molar-refractivity contribution >= 4 is 35.7 Å². The van der Waals surface area contributed by atoms with Crippen molar-refractivity contribution < 1.29 is 13.9 Å². The number of pyridine rings is 2. The van der Waals surface area contributed by atoms with Gasteiger partial charge in [-0.15, -0.1) is 24.8 Å². The first-order valence-electron chi connectivity index (χ1n) is 12.2. The Kier molecular flexibility index (Phi) is 8.40. The number of aryl methyl sites for hydroxylation is 1. The summed E-state index contributed by atoms with van der Waals surface area (Å²) in [6.07, 6.45) is 5.30. The number of hydrogen-bond acceptors (Lipinski definition) is 6. The maximum Gasteiger partial charge on any atom is 0.251 e. The average molecular weight is 537 g/mol. The van der Waals surface area contributed by atoms with Gasteiger partial charge in [-0.3, -0.25) is 9.78 Å². The third-order valence-corrected chi connectivity index (χ3v) is 7.35. The Bertz CT molecular complexity index is 1280. The monoisotopic (exact) mass is 536 g/mol. The van der Waals surface area contributed by atoms with Gasteiger partial charge < -0.3 is 24.3 Å². The van der Waals surface area contributed by atoms with Crippen LogP contribution in [0.2, 0.25) is 0 Å². The van der Waals surface area contributed by atoms with Gasteiger partial charge in [-0.25, -0.2) is 4.39 Å². The zero-order valence-electron chi connectivity index (χ0n) is 20.0. The van der Waals surface area contributed by atoms with Crippen molar-refractivity contribution in [3.05, 3.63) is 64.0 Å². The lowest BCUT2D eigenvalue weighted by atomic mass is 9.95. The van der Waals surface area contributed by atoms with E-state index in [1.807, 2.05) is 16.7 Å². The van der Waals surface area contributed by atoms with Crippen molar-refractivity contribution in [1.82, 2.24) is 19.8 Å². The SMILES string of the molecule is Cl.Cl.O=c1ccc2ccc(F)c3c2n1C(CN1CCC(NCc2cc4c(cn2)OCCO4)CC1)CC3. The molecule has 0 radical (unpaired) electrons. The Morgan fingerprint density at radius 1 is 1.03 bits per heavy atom. The molecule has 194 valence electrons. The molecule has 0 amide bonds. The molecule has 7 nitrogen and oxygen atoms in total. The third-order valence-electron chi connectivity index (χ3n) is 7.35. The van der Waals surface area contributed by atoms with Crippen molar-refractivity contribution in [2.75, 3.05) is 32.8 Å². The number of aromatic nitrogens is 2. The van der Waals surface area contributed by atoms with E-state index >= 15 is 0 Å². The van der Waals surface area contributed by atoms with Crippen molar-refractivity contribution in [2.24, 2.45) is 0 Å². The minimum Gasteiger partial charge on any atom is -0.486 e. The van der Waals surface area contributed by atoms with Gasteiger partial charge in [-0.05, 0) is 62.4 Å². The fraction of sp³-hybridized carbons (Fsp3) is 0.462. The standard InChI is InChI=1S/C26H29FN4O3.2ClH/c27-22-5-1-17-2-6-25(32)31-20(3-4-21(22)26(17)31)16-30-9-7-18(8-10-30)28-14-19-13-23-24(15-29-19)34-12-11-33-23;;/h1-2,5-6,13,15,18,20,28H,3-4,7-12,14,16H2;2*1H. The Labute approximate surface area is 221 Å². The molecule has 1 N–H and O–H groups in total. The highest BCUT2D eigenvalue weighted by Gasteiger charge is 2.28. The quantitative estimate of drug-likeness (QED) is 0.533. The number of halogens is 3. The van der Waals surface area contributed by atoms with Crippen LogP contribution in [0.5, 0.6) is 11.5 Å². The molecule has 1 fully saturated rings. The second-order valence-electron chi connectivity index (χ2n) is 9.47. The maximum atomic E-state index is 14.4. The molecular weight excluding hydrogens is 506 g/mol. The number of fused-ring (bicyclic) bond motifs is 1. The number of rotatable bonds is 5. The smallest absolute Gasteiger partial charge is 0.251 e. The summed E-state index contributed by atoms with van der Waals surface area (Å²) in [5.41, 5.74) is 2.38. The number of nitrogens with zero attached hydrogens (tertiary/aromatic N) is 3.